The van der Waals surface area contributed by atoms with E-state index < -0.39 is 0 Å². The number of aryl methyl sites for hydroxylation is 2. The van der Waals surface area contributed by atoms with Crippen molar-refractivity contribution in [1.82, 2.24) is 30.1 Å². The van der Waals surface area contributed by atoms with Crippen molar-refractivity contribution in [1.29, 1.82) is 0 Å². The summed E-state index contributed by atoms with van der Waals surface area (Å²) in [5, 5.41) is 13.7. The molecule has 0 bridgehead atoms. The fourth-order valence-electron chi connectivity index (χ4n) is 5.03. The molecule has 1 atom stereocenters. The van der Waals surface area contributed by atoms with Gasteiger partial charge in [0, 0.05) is 29.6 Å². The predicted molar refractivity (Wildman–Crippen MR) is 143 cm³/mol. The molecule has 190 valence electrons. The van der Waals surface area contributed by atoms with Gasteiger partial charge in [0.15, 0.2) is 5.82 Å². The van der Waals surface area contributed by atoms with E-state index in [4.69, 9.17) is 4.42 Å². The molecule has 1 N–H and O–H groups in total. The number of pyridine rings is 1. The molecule has 0 fully saturated rings. The normalized spacial score (nSPS) is 12.4. The van der Waals surface area contributed by atoms with Crippen molar-refractivity contribution >= 4 is 10.9 Å². The Balaban J connectivity index is 1.50. The summed E-state index contributed by atoms with van der Waals surface area (Å²) in [5.41, 5.74) is 5.07. The summed E-state index contributed by atoms with van der Waals surface area (Å²) >= 11 is 0. The summed E-state index contributed by atoms with van der Waals surface area (Å²) in [4.78, 5) is 18.6. The average molecular weight is 497 g/mol. The molecule has 0 saturated heterocycles. The van der Waals surface area contributed by atoms with Crippen LogP contribution in [-0.2, 0) is 19.5 Å². The zero-order valence-corrected chi connectivity index (χ0v) is 21.5. The van der Waals surface area contributed by atoms with Gasteiger partial charge < -0.3 is 9.40 Å². The highest BCUT2D eigenvalue weighted by Gasteiger charge is 2.26. The first-order chi connectivity index (χ1) is 18.0. The Kier molecular flexibility index (Phi) is 7.28. The third-order valence-electron chi connectivity index (χ3n) is 6.86. The molecule has 0 amide bonds. The smallest absolute Gasteiger partial charge is 0.252 e. The quantitative estimate of drug-likeness (QED) is 0.294. The minimum Gasteiger partial charge on any atom is -0.467 e. The van der Waals surface area contributed by atoms with Crippen molar-refractivity contribution in [2.45, 2.75) is 52.7 Å². The monoisotopic (exact) mass is 496 g/mol. The Labute approximate surface area is 215 Å². The Morgan fingerprint density at radius 1 is 1.08 bits per heavy atom. The lowest BCUT2D eigenvalue weighted by Gasteiger charge is -2.30. The molecule has 0 aliphatic rings. The summed E-state index contributed by atoms with van der Waals surface area (Å²) < 4.78 is 7.33. The van der Waals surface area contributed by atoms with Crippen LogP contribution in [0.1, 0.15) is 53.2 Å². The Morgan fingerprint density at radius 3 is 2.68 bits per heavy atom. The SMILES string of the molecule is CCC(c1nnnn1Cc1ccco1)N(CCc1ccccc1)Cc1cc2c(C)cc(C)cc2[nH]c1=O. The van der Waals surface area contributed by atoms with E-state index in [0.29, 0.717) is 13.1 Å². The topological polar surface area (TPSA) is 92.8 Å². The third kappa shape index (κ3) is 5.54. The van der Waals surface area contributed by atoms with Gasteiger partial charge in [-0.25, -0.2) is 4.68 Å². The molecule has 1 unspecified atom stereocenters. The largest absolute Gasteiger partial charge is 0.467 e. The number of furan rings is 1. The van der Waals surface area contributed by atoms with Gasteiger partial charge in [-0.3, -0.25) is 9.69 Å². The maximum Gasteiger partial charge on any atom is 0.252 e. The lowest BCUT2D eigenvalue weighted by atomic mass is 10.0. The number of aromatic nitrogens is 5. The minimum atomic E-state index is -0.0807. The van der Waals surface area contributed by atoms with E-state index in [1.807, 2.05) is 37.3 Å². The molecular formula is C29H32N6O2. The van der Waals surface area contributed by atoms with Crippen LogP contribution in [0.5, 0.6) is 0 Å². The summed E-state index contributed by atoms with van der Waals surface area (Å²) in [6, 6.07) is 20.3. The molecule has 0 aliphatic carbocycles. The van der Waals surface area contributed by atoms with Crippen LogP contribution in [0.2, 0.25) is 0 Å². The van der Waals surface area contributed by atoms with Crippen LogP contribution in [0.15, 0.2) is 76.1 Å². The zero-order valence-electron chi connectivity index (χ0n) is 21.5. The van der Waals surface area contributed by atoms with Crippen LogP contribution >= 0.6 is 0 Å². The second kappa shape index (κ2) is 10.9. The molecule has 2 aromatic carbocycles. The van der Waals surface area contributed by atoms with Crippen molar-refractivity contribution in [3.8, 4) is 0 Å². The van der Waals surface area contributed by atoms with E-state index in [2.05, 4.69) is 69.6 Å². The number of fused-ring (bicyclic) bond motifs is 1. The van der Waals surface area contributed by atoms with E-state index in [0.717, 1.165) is 58.6 Å². The van der Waals surface area contributed by atoms with Crippen molar-refractivity contribution in [2.24, 2.45) is 0 Å². The first kappa shape index (κ1) is 24.6. The van der Waals surface area contributed by atoms with Gasteiger partial charge in [0.05, 0.1) is 12.3 Å². The first-order valence-corrected chi connectivity index (χ1v) is 12.7. The molecular weight excluding hydrogens is 464 g/mol. The van der Waals surface area contributed by atoms with E-state index in [-0.39, 0.29) is 11.6 Å². The fourth-order valence-corrected chi connectivity index (χ4v) is 5.03. The van der Waals surface area contributed by atoms with E-state index in [1.165, 1.54) is 5.56 Å². The van der Waals surface area contributed by atoms with Gasteiger partial charge in [-0.2, -0.15) is 0 Å². The molecule has 0 aliphatic heterocycles. The highest BCUT2D eigenvalue weighted by molar-refractivity contribution is 5.83. The van der Waals surface area contributed by atoms with Gasteiger partial charge in [0.1, 0.15) is 12.3 Å². The molecule has 5 rings (SSSR count). The van der Waals surface area contributed by atoms with Gasteiger partial charge in [-0.1, -0.05) is 43.3 Å². The fraction of sp³-hybridized carbons (Fsp3) is 0.310. The Morgan fingerprint density at radius 2 is 1.92 bits per heavy atom. The molecule has 8 heteroatoms. The second-order valence-electron chi connectivity index (χ2n) is 9.57. The van der Waals surface area contributed by atoms with E-state index in [1.54, 1.807) is 10.9 Å². The maximum atomic E-state index is 13.2. The van der Waals surface area contributed by atoms with Gasteiger partial charge >= 0.3 is 0 Å². The first-order valence-electron chi connectivity index (χ1n) is 12.7. The third-order valence-corrected chi connectivity index (χ3v) is 6.86. The number of aromatic amines is 1. The lowest BCUT2D eigenvalue weighted by Crippen LogP contribution is -2.34. The van der Waals surface area contributed by atoms with Crippen LogP contribution in [0.4, 0.5) is 0 Å². The maximum absolute atomic E-state index is 13.2. The van der Waals surface area contributed by atoms with Crippen LogP contribution in [0, 0.1) is 13.8 Å². The Hall–Kier alpha value is -4.04. The van der Waals surface area contributed by atoms with Crippen molar-refractivity contribution in [2.75, 3.05) is 6.54 Å². The second-order valence-corrected chi connectivity index (χ2v) is 9.57. The summed E-state index contributed by atoms with van der Waals surface area (Å²) in [6.45, 7) is 7.94. The number of hydrogen-bond acceptors (Lipinski definition) is 6. The van der Waals surface area contributed by atoms with Crippen molar-refractivity contribution in [3.63, 3.8) is 0 Å². The highest BCUT2D eigenvalue weighted by atomic mass is 16.3. The zero-order chi connectivity index (χ0) is 25.8. The van der Waals surface area contributed by atoms with Crippen LogP contribution < -0.4 is 5.56 Å². The minimum absolute atomic E-state index is 0.0627. The van der Waals surface area contributed by atoms with Crippen molar-refractivity contribution in [3.05, 3.63) is 111 Å². The standard InChI is InChI=1S/C29H32N6O2/c1-4-27(28-31-32-33-35(28)19-24-11-8-14-37-24)34(13-12-22-9-6-5-7-10-22)18-23-17-25-21(3)15-20(2)16-26(25)30-29(23)36/h5-11,14-17,27H,4,12-13,18-19H2,1-3H3,(H,30,36). The van der Waals surface area contributed by atoms with E-state index >= 15 is 0 Å². The number of hydrogen-bond donors (Lipinski definition) is 1. The number of nitrogens with one attached hydrogen (secondary N) is 1. The average Bonchev–Trinajstić information content (AvgIpc) is 3.57. The lowest BCUT2D eigenvalue weighted by molar-refractivity contribution is 0.172. The molecule has 3 aromatic heterocycles. The molecule has 0 spiro atoms. The highest BCUT2D eigenvalue weighted by Crippen LogP contribution is 2.26. The molecule has 0 saturated carbocycles. The Bertz CT molecular complexity index is 1520. The van der Waals surface area contributed by atoms with Gasteiger partial charge in [0.25, 0.3) is 5.56 Å². The van der Waals surface area contributed by atoms with E-state index in [9.17, 15) is 4.79 Å². The van der Waals surface area contributed by atoms with Crippen LogP contribution in [-0.4, -0.2) is 36.6 Å². The van der Waals surface area contributed by atoms with Gasteiger partial charge in [-0.05, 0) is 78.1 Å². The van der Waals surface area contributed by atoms with Crippen molar-refractivity contribution < 1.29 is 4.42 Å². The molecule has 8 nitrogen and oxygen atoms in total. The number of H-pyrrole nitrogens is 1. The predicted octanol–water partition coefficient (Wildman–Crippen LogP) is 4.97. The molecule has 37 heavy (non-hydrogen) atoms. The molecule has 5 aromatic rings. The molecule has 3 heterocycles. The van der Waals surface area contributed by atoms with Crippen LogP contribution in [0.3, 0.4) is 0 Å². The molecule has 0 radical (unpaired) electrons. The number of tetrazole rings is 1. The number of benzene rings is 2. The number of rotatable bonds is 10. The summed E-state index contributed by atoms with van der Waals surface area (Å²) in [7, 11) is 0. The summed E-state index contributed by atoms with van der Waals surface area (Å²) in [6.07, 6.45) is 3.29. The van der Waals surface area contributed by atoms with Crippen LogP contribution in [0.25, 0.3) is 10.9 Å². The van der Waals surface area contributed by atoms with Gasteiger partial charge in [-0.15, -0.1) is 5.10 Å². The summed E-state index contributed by atoms with van der Waals surface area (Å²) in [5.74, 6) is 1.55. The van der Waals surface area contributed by atoms with Gasteiger partial charge in [0.2, 0.25) is 0 Å². The number of nitrogens with zero attached hydrogens (tertiary/aromatic N) is 5.